The van der Waals surface area contributed by atoms with Crippen LogP contribution < -0.4 is 0 Å². The zero-order valence-electron chi connectivity index (χ0n) is 18.8. The fourth-order valence-corrected chi connectivity index (χ4v) is 9.83. The second-order valence-electron chi connectivity index (χ2n) is 9.13. The van der Waals surface area contributed by atoms with Crippen molar-refractivity contribution in [1.29, 1.82) is 0 Å². The van der Waals surface area contributed by atoms with Crippen LogP contribution in [0.25, 0.3) is 0 Å². The van der Waals surface area contributed by atoms with Crippen LogP contribution in [-0.4, -0.2) is 23.2 Å². The van der Waals surface area contributed by atoms with Gasteiger partial charge in [0.2, 0.25) is 0 Å². The molecule has 6 rings (SSSR count). The lowest BCUT2D eigenvalue weighted by atomic mass is 9.61. The van der Waals surface area contributed by atoms with Gasteiger partial charge in [-0.15, -0.1) is 0 Å². The summed E-state index contributed by atoms with van der Waals surface area (Å²) >= 11 is 0. The molecule has 0 amide bonds. The van der Waals surface area contributed by atoms with Gasteiger partial charge in [0.25, 0.3) is 0 Å². The number of benzene rings is 3. The zero-order chi connectivity index (χ0) is 25.1. The number of alkyl halides is 3. The molecule has 2 aliphatic carbocycles. The van der Waals surface area contributed by atoms with Crippen LogP contribution in [0.3, 0.4) is 0 Å². The summed E-state index contributed by atoms with van der Waals surface area (Å²) in [5.41, 5.74) is -2.48. The van der Waals surface area contributed by atoms with Crippen LogP contribution in [0.2, 0.25) is 0 Å². The zero-order valence-corrected chi connectivity index (χ0v) is 20.4. The molecule has 0 spiro atoms. The van der Waals surface area contributed by atoms with E-state index in [0.717, 1.165) is 0 Å². The summed E-state index contributed by atoms with van der Waals surface area (Å²) in [5, 5.41) is 0. The fraction of sp³-hybridized carbons (Fsp3) is 0.259. The molecule has 8 heteroatoms. The molecule has 5 atom stereocenters. The predicted octanol–water partition coefficient (Wildman–Crippen LogP) is 6.04. The van der Waals surface area contributed by atoms with Crippen LogP contribution in [-0.2, 0) is 26.4 Å². The lowest BCUT2D eigenvalue weighted by molar-refractivity contribution is -0.0517. The second-order valence-corrected chi connectivity index (χ2v) is 12.9. The average molecular weight is 517 g/mol. The Kier molecular flexibility index (Phi) is 5.69. The van der Waals surface area contributed by atoms with Crippen molar-refractivity contribution in [3.05, 3.63) is 108 Å². The molecule has 1 unspecified atom stereocenters. The summed E-state index contributed by atoms with van der Waals surface area (Å²) in [4.78, 5) is 3.06. The van der Waals surface area contributed by atoms with Gasteiger partial charge in [0, 0.05) is 11.5 Å². The molecule has 3 nitrogen and oxygen atoms in total. The smallest absolute Gasteiger partial charge is 0.485 e. The molecule has 182 valence electrons. The maximum atomic E-state index is 10.7. The van der Waals surface area contributed by atoms with Gasteiger partial charge < -0.3 is 4.55 Å². The summed E-state index contributed by atoms with van der Waals surface area (Å²) in [6, 6.07) is 31.9. The summed E-state index contributed by atoms with van der Waals surface area (Å²) in [5.74, 6) is 1.23. The first-order valence-corrected chi connectivity index (χ1v) is 13.8. The van der Waals surface area contributed by atoms with Gasteiger partial charge in [-0.2, -0.15) is 13.2 Å². The van der Waals surface area contributed by atoms with E-state index >= 15 is 0 Å². The van der Waals surface area contributed by atoms with Gasteiger partial charge in [0.1, 0.15) is 0 Å². The number of fused-ring (bicyclic) bond motifs is 7. The number of halogens is 3. The van der Waals surface area contributed by atoms with Gasteiger partial charge >= 0.3 is 5.51 Å². The van der Waals surface area contributed by atoms with Gasteiger partial charge in [-0.05, 0) is 43.0 Å². The Bertz CT molecular complexity index is 1370. The summed E-state index contributed by atoms with van der Waals surface area (Å²) in [7, 11) is -6.02. The number of allylic oxidation sites excluding steroid dienone is 2. The quantitative estimate of drug-likeness (QED) is 0.181. The molecule has 1 fully saturated rings. The maximum absolute atomic E-state index is 10.7. The number of rotatable bonds is 2. The molecule has 1 saturated carbocycles. The molecule has 1 aliphatic heterocycles. The van der Waals surface area contributed by atoms with Crippen molar-refractivity contribution in [3.8, 4) is 0 Å². The predicted molar refractivity (Wildman–Crippen MR) is 129 cm³/mol. The van der Waals surface area contributed by atoms with Gasteiger partial charge in [0.05, 0.1) is 16.3 Å². The van der Waals surface area contributed by atoms with Gasteiger partial charge in [-0.25, -0.2) is 8.42 Å². The van der Waals surface area contributed by atoms with Crippen molar-refractivity contribution in [3.63, 3.8) is 0 Å². The molecule has 2 bridgehead atoms. The van der Waals surface area contributed by atoms with E-state index in [9.17, 15) is 13.2 Å². The first-order valence-electron chi connectivity index (χ1n) is 11.2. The molecule has 3 aliphatic rings. The third-order valence-corrected chi connectivity index (χ3v) is 11.2. The van der Waals surface area contributed by atoms with Crippen molar-refractivity contribution >= 4 is 21.0 Å². The Hall–Kier alpha value is -2.55. The van der Waals surface area contributed by atoms with Gasteiger partial charge in [0.15, 0.2) is 24.7 Å². The molecule has 0 saturated heterocycles. The fourth-order valence-electron chi connectivity index (χ4n) is 6.35. The van der Waals surface area contributed by atoms with Gasteiger partial charge in [-0.1, -0.05) is 78.9 Å². The number of hydrogen-bond acceptors (Lipinski definition) is 3. The Labute approximate surface area is 205 Å². The Morgan fingerprint density at radius 2 is 1.37 bits per heavy atom. The topological polar surface area (TPSA) is 57.2 Å². The Morgan fingerprint density at radius 3 is 1.97 bits per heavy atom. The van der Waals surface area contributed by atoms with Crippen LogP contribution in [0.15, 0.2) is 107 Å². The highest BCUT2D eigenvalue weighted by atomic mass is 32.2. The van der Waals surface area contributed by atoms with E-state index in [1.807, 2.05) is 0 Å². The second kappa shape index (κ2) is 8.25. The van der Waals surface area contributed by atoms with Gasteiger partial charge in [-0.3, -0.25) is 0 Å². The molecule has 0 N–H and O–H groups in total. The molecular weight excluding hydrogens is 493 g/mol. The average Bonchev–Trinajstić information content (AvgIpc) is 3.47. The third kappa shape index (κ3) is 3.41. The maximum Gasteiger partial charge on any atom is 0.485 e. The highest BCUT2D eigenvalue weighted by molar-refractivity contribution is 7.98. The van der Waals surface area contributed by atoms with Crippen LogP contribution >= 0.6 is 0 Å². The molecule has 35 heavy (non-hydrogen) atoms. The largest absolute Gasteiger partial charge is 0.741 e. The van der Waals surface area contributed by atoms with E-state index in [1.54, 1.807) is 10.5 Å². The van der Waals surface area contributed by atoms with Crippen molar-refractivity contribution in [2.24, 2.45) is 11.8 Å². The Morgan fingerprint density at radius 1 is 0.857 bits per heavy atom. The van der Waals surface area contributed by atoms with Crippen molar-refractivity contribution in [2.45, 2.75) is 38.8 Å². The van der Waals surface area contributed by atoms with Crippen molar-refractivity contribution in [1.82, 2.24) is 0 Å². The standard InChI is InChI=1S/C26H23S.CHF3O3S/c1-25-20-16-17-21(18-20)26(25,19-10-4-2-5-11-19)23-14-8-9-15-24(23)27(25)22-12-6-3-7-13-22;2-1(3,4)8(5,6)7/h2-17,20-21H,18H2,1H3;(H,5,6,7)/q+1;/p-1/t20-,21+,25-,26-,27?;/m1./s1. The summed E-state index contributed by atoms with van der Waals surface area (Å²) in [6.07, 6.45) is 6.34. The Balaban J connectivity index is 0.000000277. The molecule has 0 aromatic heterocycles. The molecule has 1 heterocycles. The summed E-state index contributed by atoms with van der Waals surface area (Å²) in [6.45, 7) is 2.59. The van der Waals surface area contributed by atoms with Crippen LogP contribution in [0.5, 0.6) is 0 Å². The van der Waals surface area contributed by atoms with Crippen LogP contribution in [0.4, 0.5) is 13.2 Å². The van der Waals surface area contributed by atoms with E-state index in [-0.39, 0.29) is 21.1 Å². The molecular formula is C27H23F3O3S2. The van der Waals surface area contributed by atoms with E-state index in [4.69, 9.17) is 13.0 Å². The van der Waals surface area contributed by atoms with E-state index < -0.39 is 15.6 Å². The first kappa shape index (κ1) is 24.2. The monoisotopic (exact) mass is 516 g/mol. The van der Waals surface area contributed by atoms with E-state index in [1.165, 1.54) is 16.9 Å². The first-order chi connectivity index (χ1) is 16.5. The van der Waals surface area contributed by atoms with Crippen molar-refractivity contribution in [2.75, 3.05) is 0 Å². The highest BCUT2D eigenvalue weighted by Gasteiger charge is 2.78. The SMILES string of the molecule is C[C@@]12[C@@H]3C=C[C@@H](C3)[C@]1(c1ccccc1)c1ccccc1[S+]2c1ccccc1.O=S(=O)([O-])C(F)(F)F. The van der Waals surface area contributed by atoms with Crippen LogP contribution in [0, 0.1) is 11.8 Å². The minimum absolute atomic E-state index is 0.0728. The molecule has 3 aromatic carbocycles. The lowest BCUT2D eigenvalue weighted by Crippen LogP contribution is -2.53. The lowest BCUT2D eigenvalue weighted by Gasteiger charge is -2.42. The van der Waals surface area contributed by atoms with Crippen LogP contribution in [0.1, 0.15) is 24.5 Å². The minimum Gasteiger partial charge on any atom is -0.741 e. The highest BCUT2D eigenvalue weighted by Crippen LogP contribution is 2.72. The van der Waals surface area contributed by atoms with E-state index in [0.29, 0.717) is 11.8 Å². The molecule has 0 radical (unpaired) electrons. The van der Waals surface area contributed by atoms with Crippen molar-refractivity contribution < 1.29 is 26.1 Å². The van der Waals surface area contributed by atoms with E-state index in [2.05, 4.69) is 104 Å². The minimum atomic E-state index is -6.09. The normalized spacial score (nSPS) is 30.4. The third-order valence-electron chi connectivity index (χ3n) is 7.58. The summed E-state index contributed by atoms with van der Waals surface area (Å²) < 4.78 is 59.1. The number of hydrogen-bond donors (Lipinski definition) is 0. The molecule has 3 aromatic rings.